The lowest BCUT2D eigenvalue weighted by Crippen LogP contribution is -2.03. The summed E-state index contributed by atoms with van der Waals surface area (Å²) in [7, 11) is 0. The summed E-state index contributed by atoms with van der Waals surface area (Å²) in [4.78, 5) is 0.606. The topological polar surface area (TPSA) is 56.2 Å². The second kappa shape index (κ2) is 4.11. The Morgan fingerprint density at radius 2 is 2.11 bits per heavy atom. The molecule has 3 rings (SSSR count). The van der Waals surface area contributed by atoms with Crippen LogP contribution in [0.4, 0.5) is 8.78 Å². The van der Waals surface area contributed by atoms with Gasteiger partial charge in [-0.05, 0) is 18.2 Å². The third-order valence-electron chi connectivity index (χ3n) is 2.60. The average molecular weight is 266 g/mol. The predicted molar refractivity (Wildman–Crippen MR) is 64.1 cm³/mol. The molecule has 0 radical (unpaired) electrons. The Morgan fingerprint density at radius 3 is 2.89 bits per heavy atom. The Labute approximate surface area is 105 Å². The summed E-state index contributed by atoms with van der Waals surface area (Å²) in [5, 5.41) is 9.53. The standard InChI is InChI=1S/C11H8F2N4S/c12-6-1-2-8(13)7(3-6)9-5-18-11-16-15-10(4-14)17(9)11/h1-3,5H,4,14H2. The van der Waals surface area contributed by atoms with Crippen molar-refractivity contribution in [3.05, 3.63) is 41.0 Å². The third-order valence-corrected chi connectivity index (χ3v) is 3.42. The Morgan fingerprint density at radius 1 is 1.28 bits per heavy atom. The summed E-state index contributed by atoms with van der Waals surface area (Å²) in [5.74, 6) is -0.467. The van der Waals surface area contributed by atoms with Crippen LogP contribution in [0.5, 0.6) is 0 Å². The fraction of sp³-hybridized carbons (Fsp3) is 0.0909. The van der Waals surface area contributed by atoms with E-state index in [1.54, 1.807) is 9.78 Å². The van der Waals surface area contributed by atoms with Crippen LogP contribution in [-0.4, -0.2) is 14.6 Å². The SMILES string of the molecule is NCc1nnc2scc(-c3cc(F)ccc3F)n12. The van der Waals surface area contributed by atoms with Gasteiger partial charge in [-0.3, -0.25) is 4.40 Å². The van der Waals surface area contributed by atoms with Gasteiger partial charge < -0.3 is 5.73 Å². The molecule has 1 aromatic carbocycles. The maximum Gasteiger partial charge on any atom is 0.216 e. The average Bonchev–Trinajstić information content (AvgIpc) is 2.93. The Bertz CT molecular complexity index is 719. The summed E-state index contributed by atoms with van der Waals surface area (Å²) >= 11 is 1.30. The number of benzene rings is 1. The van der Waals surface area contributed by atoms with Crippen molar-refractivity contribution in [2.24, 2.45) is 5.73 Å². The molecule has 0 saturated carbocycles. The number of nitrogens with zero attached hydrogens (tertiary/aromatic N) is 3. The molecule has 7 heteroatoms. The minimum absolute atomic E-state index is 0.177. The fourth-order valence-corrected chi connectivity index (χ4v) is 2.64. The van der Waals surface area contributed by atoms with E-state index >= 15 is 0 Å². The highest BCUT2D eigenvalue weighted by molar-refractivity contribution is 7.15. The van der Waals surface area contributed by atoms with Crippen LogP contribution in [-0.2, 0) is 6.54 Å². The maximum atomic E-state index is 13.8. The molecule has 2 heterocycles. The van der Waals surface area contributed by atoms with Crippen molar-refractivity contribution in [3.8, 4) is 11.3 Å². The molecule has 0 aliphatic heterocycles. The largest absolute Gasteiger partial charge is 0.324 e. The summed E-state index contributed by atoms with van der Waals surface area (Å²) < 4.78 is 28.6. The van der Waals surface area contributed by atoms with Gasteiger partial charge in [0.15, 0.2) is 5.82 Å². The zero-order valence-corrected chi connectivity index (χ0v) is 9.92. The quantitative estimate of drug-likeness (QED) is 0.773. The van der Waals surface area contributed by atoms with Crippen LogP contribution >= 0.6 is 11.3 Å². The highest BCUT2D eigenvalue weighted by Gasteiger charge is 2.15. The molecule has 0 atom stereocenters. The van der Waals surface area contributed by atoms with Crippen LogP contribution in [0.1, 0.15) is 5.82 Å². The highest BCUT2D eigenvalue weighted by atomic mass is 32.1. The molecule has 4 nitrogen and oxygen atoms in total. The monoisotopic (exact) mass is 266 g/mol. The molecular formula is C11H8F2N4S. The van der Waals surface area contributed by atoms with Gasteiger partial charge in [-0.1, -0.05) is 0 Å². The lowest BCUT2D eigenvalue weighted by Gasteiger charge is -2.03. The first kappa shape index (κ1) is 11.2. The first-order valence-electron chi connectivity index (χ1n) is 5.17. The lowest BCUT2D eigenvalue weighted by atomic mass is 10.1. The number of hydrogen-bond donors (Lipinski definition) is 1. The van der Waals surface area contributed by atoms with E-state index in [1.165, 1.54) is 11.3 Å². The fourth-order valence-electron chi connectivity index (χ4n) is 1.79. The van der Waals surface area contributed by atoms with Crippen molar-refractivity contribution in [2.75, 3.05) is 0 Å². The molecule has 0 unspecified atom stereocenters. The first-order valence-corrected chi connectivity index (χ1v) is 6.05. The maximum absolute atomic E-state index is 13.8. The van der Waals surface area contributed by atoms with Crippen molar-refractivity contribution >= 4 is 16.3 Å². The van der Waals surface area contributed by atoms with Crippen molar-refractivity contribution in [3.63, 3.8) is 0 Å². The number of aromatic nitrogens is 3. The van der Waals surface area contributed by atoms with Crippen molar-refractivity contribution in [1.82, 2.24) is 14.6 Å². The number of nitrogens with two attached hydrogens (primary N) is 1. The summed E-state index contributed by atoms with van der Waals surface area (Å²) in [6.45, 7) is 0.182. The van der Waals surface area contributed by atoms with Gasteiger partial charge in [0, 0.05) is 10.9 Å². The van der Waals surface area contributed by atoms with Crippen molar-refractivity contribution in [2.45, 2.75) is 6.54 Å². The number of fused-ring (bicyclic) bond motifs is 1. The van der Waals surface area contributed by atoms with E-state index in [9.17, 15) is 8.78 Å². The van der Waals surface area contributed by atoms with Gasteiger partial charge in [0.2, 0.25) is 4.96 Å². The van der Waals surface area contributed by atoms with Crippen molar-refractivity contribution < 1.29 is 8.78 Å². The van der Waals surface area contributed by atoms with E-state index in [4.69, 9.17) is 5.73 Å². The van der Waals surface area contributed by atoms with Crippen LogP contribution in [0.25, 0.3) is 16.2 Å². The van der Waals surface area contributed by atoms with Crippen LogP contribution in [0.2, 0.25) is 0 Å². The molecule has 2 aromatic heterocycles. The second-order valence-electron chi connectivity index (χ2n) is 3.68. The van der Waals surface area contributed by atoms with E-state index in [1.807, 2.05) is 0 Å². The van der Waals surface area contributed by atoms with Gasteiger partial charge in [0.1, 0.15) is 11.6 Å². The Hall–Kier alpha value is -1.86. The van der Waals surface area contributed by atoms with E-state index in [2.05, 4.69) is 10.2 Å². The van der Waals surface area contributed by atoms with E-state index in [-0.39, 0.29) is 12.1 Å². The van der Waals surface area contributed by atoms with Gasteiger partial charge in [-0.15, -0.1) is 21.5 Å². The molecule has 0 fully saturated rings. The van der Waals surface area contributed by atoms with Crippen LogP contribution in [0, 0.1) is 11.6 Å². The zero-order chi connectivity index (χ0) is 12.7. The van der Waals surface area contributed by atoms with Gasteiger partial charge >= 0.3 is 0 Å². The second-order valence-corrected chi connectivity index (χ2v) is 4.52. The molecule has 3 aromatic rings. The van der Waals surface area contributed by atoms with Crippen molar-refractivity contribution in [1.29, 1.82) is 0 Å². The number of hydrogen-bond acceptors (Lipinski definition) is 4. The van der Waals surface area contributed by atoms with Gasteiger partial charge in [0.05, 0.1) is 12.2 Å². The predicted octanol–water partition coefficient (Wildman–Crippen LogP) is 2.19. The molecule has 2 N–H and O–H groups in total. The van der Waals surface area contributed by atoms with Gasteiger partial charge in [-0.25, -0.2) is 8.78 Å². The van der Waals surface area contributed by atoms with E-state index in [0.717, 1.165) is 18.2 Å². The molecule has 0 spiro atoms. The molecule has 92 valence electrons. The molecule has 0 bridgehead atoms. The van der Waals surface area contributed by atoms with Gasteiger partial charge in [0.25, 0.3) is 0 Å². The lowest BCUT2D eigenvalue weighted by molar-refractivity contribution is 0.602. The molecular weight excluding hydrogens is 258 g/mol. The first-order chi connectivity index (χ1) is 8.70. The third kappa shape index (κ3) is 1.59. The minimum Gasteiger partial charge on any atom is -0.324 e. The molecule has 0 saturated heterocycles. The number of halogens is 2. The van der Waals surface area contributed by atoms with Gasteiger partial charge in [-0.2, -0.15) is 0 Å². The van der Waals surface area contributed by atoms with E-state index < -0.39 is 11.6 Å². The zero-order valence-electron chi connectivity index (χ0n) is 9.10. The summed E-state index contributed by atoms with van der Waals surface area (Å²) in [6, 6.07) is 3.33. The number of rotatable bonds is 2. The Balaban J connectivity index is 2.30. The Kier molecular flexibility index (Phi) is 2.57. The molecule has 18 heavy (non-hydrogen) atoms. The number of thiazole rings is 1. The highest BCUT2D eigenvalue weighted by Crippen LogP contribution is 2.28. The summed E-state index contributed by atoms with van der Waals surface area (Å²) in [6.07, 6.45) is 0. The molecule has 0 amide bonds. The normalized spacial score (nSPS) is 11.3. The minimum atomic E-state index is -0.493. The molecule has 0 aliphatic rings. The molecule has 0 aliphatic carbocycles. The summed E-state index contributed by atoms with van der Waals surface area (Å²) in [5.41, 5.74) is 6.24. The van der Waals surface area contributed by atoms with E-state index in [0.29, 0.717) is 16.5 Å². The van der Waals surface area contributed by atoms with Crippen LogP contribution in [0.3, 0.4) is 0 Å². The van der Waals surface area contributed by atoms with Crippen LogP contribution < -0.4 is 5.73 Å². The smallest absolute Gasteiger partial charge is 0.216 e. The van der Waals surface area contributed by atoms with Crippen LogP contribution in [0.15, 0.2) is 23.6 Å².